The summed E-state index contributed by atoms with van der Waals surface area (Å²) in [7, 11) is 0. The van der Waals surface area contributed by atoms with Gasteiger partial charge < -0.3 is 21.7 Å². The summed E-state index contributed by atoms with van der Waals surface area (Å²) >= 11 is 0. The number of nitrogen functional groups attached to an aromatic ring is 1. The zero-order chi connectivity index (χ0) is 12.0. The summed E-state index contributed by atoms with van der Waals surface area (Å²) in [5.41, 5.74) is 9.08. The molecule has 1 aromatic carbocycles. The van der Waals surface area contributed by atoms with Crippen LogP contribution in [0.4, 0.5) is 14.9 Å². The number of hydrogen-bond acceptors (Lipinski definition) is 3. The van der Waals surface area contributed by atoms with E-state index < -0.39 is 17.9 Å². The molecule has 6 nitrogen and oxygen atoms in total. The molecule has 1 aromatic rings. The zero-order valence-corrected chi connectivity index (χ0v) is 7.48. The van der Waals surface area contributed by atoms with Crippen molar-refractivity contribution in [2.24, 2.45) is 5.73 Å². The molecule has 0 spiro atoms. The molecule has 0 unspecified atom stereocenters. The van der Waals surface area contributed by atoms with Crippen LogP contribution in [0.2, 0.25) is 0 Å². The number of primary amides is 1. The molecule has 0 aromatic heterocycles. The van der Waals surface area contributed by atoms with Gasteiger partial charge in [-0.2, -0.15) is 0 Å². The average molecular weight is 216 g/mol. The number of carboxylic acid groups (broad SMARTS) is 2. The SMILES string of the molecule is NC(=O)O.Nc1ccc(C(=O)O)c(F)c1. The van der Waals surface area contributed by atoms with Gasteiger partial charge in [0, 0.05) is 5.69 Å². The van der Waals surface area contributed by atoms with Gasteiger partial charge in [-0.05, 0) is 18.2 Å². The minimum absolute atomic E-state index is 0.215. The number of amides is 1. The summed E-state index contributed by atoms with van der Waals surface area (Å²) in [5.74, 6) is -2.10. The van der Waals surface area contributed by atoms with E-state index in [1.807, 2.05) is 0 Å². The number of aromatic carboxylic acids is 1. The minimum atomic E-state index is -1.33. The van der Waals surface area contributed by atoms with Crippen molar-refractivity contribution in [1.29, 1.82) is 0 Å². The molecule has 0 fully saturated rings. The maximum atomic E-state index is 12.6. The highest BCUT2D eigenvalue weighted by atomic mass is 19.1. The van der Waals surface area contributed by atoms with Crippen LogP contribution in [0.15, 0.2) is 18.2 Å². The molecular weight excluding hydrogens is 207 g/mol. The monoisotopic (exact) mass is 216 g/mol. The molecule has 0 heterocycles. The standard InChI is InChI=1S/C7H6FNO2.CH3NO2/c8-6-3-4(9)1-2-5(6)7(10)11;2-1(3)4/h1-3H,9H2,(H,10,11);2H2,(H,3,4). The van der Waals surface area contributed by atoms with Crippen LogP contribution in [0, 0.1) is 5.82 Å². The van der Waals surface area contributed by atoms with Crippen LogP contribution in [-0.2, 0) is 0 Å². The Morgan fingerprint density at radius 1 is 1.27 bits per heavy atom. The Morgan fingerprint density at radius 2 is 1.73 bits per heavy atom. The van der Waals surface area contributed by atoms with E-state index in [1.54, 1.807) is 0 Å². The third-order valence-corrected chi connectivity index (χ3v) is 1.22. The number of carbonyl (C=O) groups is 2. The first-order valence-corrected chi connectivity index (χ1v) is 3.61. The maximum absolute atomic E-state index is 12.6. The van der Waals surface area contributed by atoms with Gasteiger partial charge in [0.05, 0.1) is 5.56 Å². The van der Waals surface area contributed by atoms with E-state index in [1.165, 1.54) is 6.07 Å². The summed E-state index contributed by atoms with van der Waals surface area (Å²) in [4.78, 5) is 19.0. The Balaban J connectivity index is 0.000000423. The lowest BCUT2D eigenvalue weighted by atomic mass is 10.2. The first-order valence-electron chi connectivity index (χ1n) is 3.61. The first kappa shape index (κ1) is 12.7. The molecule has 7 heteroatoms. The summed E-state index contributed by atoms with van der Waals surface area (Å²) in [6.07, 6.45) is -1.33. The smallest absolute Gasteiger partial charge is 0.402 e. The second kappa shape index (κ2) is 5.43. The average Bonchev–Trinajstić information content (AvgIpc) is 2.01. The summed E-state index contributed by atoms with van der Waals surface area (Å²) in [5, 5.41) is 15.6. The summed E-state index contributed by atoms with van der Waals surface area (Å²) in [6, 6.07) is 3.45. The molecule has 0 saturated heterocycles. The van der Waals surface area contributed by atoms with Gasteiger partial charge in [0.15, 0.2) is 0 Å². The van der Waals surface area contributed by atoms with E-state index in [-0.39, 0.29) is 11.3 Å². The fraction of sp³-hybridized carbons (Fsp3) is 0. The molecule has 1 rings (SSSR count). The van der Waals surface area contributed by atoms with Crippen molar-refractivity contribution in [3.63, 3.8) is 0 Å². The highest BCUT2D eigenvalue weighted by Crippen LogP contribution is 2.10. The van der Waals surface area contributed by atoms with E-state index in [0.29, 0.717) is 0 Å². The topological polar surface area (TPSA) is 127 Å². The zero-order valence-electron chi connectivity index (χ0n) is 7.48. The Hall–Kier alpha value is -2.31. The second-order valence-electron chi connectivity index (χ2n) is 2.38. The first-order chi connectivity index (χ1) is 6.84. The van der Waals surface area contributed by atoms with Crippen molar-refractivity contribution >= 4 is 17.7 Å². The fourth-order valence-electron chi connectivity index (χ4n) is 0.705. The maximum Gasteiger partial charge on any atom is 0.402 e. The van der Waals surface area contributed by atoms with Crippen LogP contribution < -0.4 is 11.5 Å². The third-order valence-electron chi connectivity index (χ3n) is 1.22. The largest absolute Gasteiger partial charge is 0.478 e. The van der Waals surface area contributed by atoms with Crippen molar-refractivity contribution in [3.05, 3.63) is 29.6 Å². The Labute approximate surface area is 83.9 Å². The number of halogens is 1. The molecule has 0 aliphatic heterocycles. The highest BCUT2D eigenvalue weighted by Gasteiger charge is 2.08. The molecule has 0 aliphatic rings. The number of nitrogens with two attached hydrogens (primary N) is 2. The van der Waals surface area contributed by atoms with Crippen LogP contribution in [0.5, 0.6) is 0 Å². The summed E-state index contributed by atoms with van der Waals surface area (Å²) < 4.78 is 12.6. The molecule has 1 amide bonds. The predicted molar refractivity (Wildman–Crippen MR) is 50.0 cm³/mol. The molecular formula is C8H9FN2O4. The molecule has 6 N–H and O–H groups in total. The molecule has 0 atom stereocenters. The van der Waals surface area contributed by atoms with Gasteiger partial charge in [-0.25, -0.2) is 14.0 Å². The van der Waals surface area contributed by atoms with Gasteiger partial charge in [-0.1, -0.05) is 0 Å². The van der Waals surface area contributed by atoms with E-state index in [2.05, 4.69) is 5.73 Å². The van der Waals surface area contributed by atoms with Crippen molar-refractivity contribution in [2.45, 2.75) is 0 Å². The number of hydrogen-bond donors (Lipinski definition) is 4. The van der Waals surface area contributed by atoms with Crippen molar-refractivity contribution < 1.29 is 24.2 Å². The lowest BCUT2D eigenvalue weighted by Gasteiger charge is -1.96. The minimum Gasteiger partial charge on any atom is -0.478 e. The van der Waals surface area contributed by atoms with Crippen molar-refractivity contribution in [2.75, 3.05) is 5.73 Å². The number of rotatable bonds is 1. The van der Waals surface area contributed by atoms with Gasteiger partial charge in [0.25, 0.3) is 0 Å². The molecule has 0 aliphatic carbocycles. The third kappa shape index (κ3) is 5.09. The molecule has 0 radical (unpaired) electrons. The van der Waals surface area contributed by atoms with Gasteiger partial charge >= 0.3 is 12.1 Å². The molecule has 0 bridgehead atoms. The highest BCUT2D eigenvalue weighted by molar-refractivity contribution is 5.88. The molecule has 82 valence electrons. The number of benzene rings is 1. The van der Waals surface area contributed by atoms with Crippen LogP contribution in [0.3, 0.4) is 0 Å². The van der Waals surface area contributed by atoms with Crippen LogP contribution in [0.1, 0.15) is 10.4 Å². The number of anilines is 1. The lowest BCUT2D eigenvalue weighted by molar-refractivity contribution is 0.0692. The Kier molecular flexibility index (Phi) is 4.59. The van der Waals surface area contributed by atoms with Crippen LogP contribution >= 0.6 is 0 Å². The number of carboxylic acids is 1. The van der Waals surface area contributed by atoms with E-state index >= 15 is 0 Å². The lowest BCUT2D eigenvalue weighted by Crippen LogP contribution is -2.03. The van der Waals surface area contributed by atoms with Gasteiger partial charge in [-0.3, -0.25) is 0 Å². The van der Waals surface area contributed by atoms with Crippen molar-refractivity contribution in [1.82, 2.24) is 0 Å². The van der Waals surface area contributed by atoms with Gasteiger partial charge in [0.2, 0.25) is 0 Å². The Bertz CT molecular complexity index is 377. The van der Waals surface area contributed by atoms with E-state index in [4.69, 9.17) is 20.7 Å². The predicted octanol–water partition coefficient (Wildman–Crippen LogP) is 0.729. The normalized spacial score (nSPS) is 8.60. The van der Waals surface area contributed by atoms with E-state index in [9.17, 15) is 9.18 Å². The Morgan fingerprint density at radius 3 is 2.07 bits per heavy atom. The van der Waals surface area contributed by atoms with Crippen molar-refractivity contribution in [3.8, 4) is 0 Å². The van der Waals surface area contributed by atoms with Crippen LogP contribution in [0.25, 0.3) is 0 Å². The summed E-state index contributed by atoms with van der Waals surface area (Å²) in [6.45, 7) is 0. The van der Waals surface area contributed by atoms with Crippen LogP contribution in [-0.4, -0.2) is 22.3 Å². The second-order valence-corrected chi connectivity index (χ2v) is 2.38. The molecule has 0 saturated carbocycles. The van der Waals surface area contributed by atoms with Gasteiger partial charge in [0.1, 0.15) is 5.82 Å². The van der Waals surface area contributed by atoms with Gasteiger partial charge in [-0.15, -0.1) is 0 Å². The van der Waals surface area contributed by atoms with E-state index in [0.717, 1.165) is 12.1 Å². The fourth-order valence-corrected chi connectivity index (χ4v) is 0.705. The quantitative estimate of drug-likeness (QED) is 0.514. The molecule has 15 heavy (non-hydrogen) atoms.